The maximum absolute atomic E-state index is 14.3. The first-order chi connectivity index (χ1) is 15.2. The molecule has 2 N–H and O–H groups in total. The second kappa shape index (κ2) is 10.3. The van der Waals surface area contributed by atoms with Gasteiger partial charge in [-0.25, -0.2) is 17.6 Å². The number of amides is 2. The van der Waals surface area contributed by atoms with Crippen LogP contribution in [0.3, 0.4) is 0 Å². The molecule has 0 aliphatic carbocycles. The van der Waals surface area contributed by atoms with Crippen molar-refractivity contribution in [1.82, 2.24) is 14.2 Å². The predicted molar refractivity (Wildman–Crippen MR) is 121 cm³/mol. The van der Waals surface area contributed by atoms with Crippen LogP contribution in [-0.2, 0) is 21.3 Å². The van der Waals surface area contributed by atoms with Crippen LogP contribution in [0.2, 0.25) is 0 Å². The fraction of sp³-hybridized carbons (Fsp3) is 0.429. The van der Waals surface area contributed by atoms with Crippen molar-refractivity contribution in [2.24, 2.45) is 0 Å². The third kappa shape index (κ3) is 6.45. The van der Waals surface area contributed by atoms with Crippen molar-refractivity contribution in [2.75, 3.05) is 50.2 Å². The zero-order chi connectivity index (χ0) is 23.3. The van der Waals surface area contributed by atoms with Gasteiger partial charge in [-0.1, -0.05) is 6.07 Å². The van der Waals surface area contributed by atoms with Crippen LogP contribution < -0.4 is 10.6 Å². The van der Waals surface area contributed by atoms with E-state index in [1.807, 2.05) is 6.92 Å². The number of aromatic nitrogens is 1. The van der Waals surface area contributed by atoms with Crippen molar-refractivity contribution in [3.8, 4) is 0 Å². The highest BCUT2D eigenvalue weighted by molar-refractivity contribution is 7.88. The lowest BCUT2D eigenvalue weighted by molar-refractivity contribution is 0.0666. The number of hydrogen-bond donors (Lipinski definition) is 2. The molecule has 11 heteroatoms. The van der Waals surface area contributed by atoms with E-state index in [9.17, 15) is 17.6 Å². The van der Waals surface area contributed by atoms with E-state index in [-0.39, 0.29) is 18.3 Å². The van der Waals surface area contributed by atoms with Crippen molar-refractivity contribution in [2.45, 2.75) is 19.5 Å². The van der Waals surface area contributed by atoms with E-state index in [2.05, 4.69) is 20.5 Å². The maximum atomic E-state index is 14.3. The largest absolute Gasteiger partial charge is 0.383 e. The number of carbonyl (C=O) groups is 1. The molecule has 174 valence electrons. The van der Waals surface area contributed by atoms with E-state index >= 15 is 0 Å². The van der Waals surface area contributed by atoms with Gasteiger partial charge in [0, 0.05) is 39.0 Å². The zero-order valence-corrected chi connectivity index (χ0v) is 19.2. The minimum absolute atomic E-state index is 0.0586. The number of rotatable bonds is 7. The molecule has 32 heavy (non-hydrogen) atoms. The summed E-state index contributed by atoms with van der Waals surface area (Å²) in [6, 6.07) is 7.13. The van der Waals surface area contributed by atoms with Gasteiger partial charge in [-0.05, 0) is 36.8 Å². The molecule has 2 heterocycles. The van der Waals surface area contributed by atoms with E-state index in [0.717, 1.165) is 11.3 Å². The standard InChI is InChI=1S/C21H28FN5O4S/c1-15-4-6-17(11-23-15)24-21(28)25-20-10-16(5-7-19(20)22)12-26-8-9-27(32(3,29)30)18(13-26)14-31-2/h4-7,10-11,18H,8-9,12-14H2,1-3H3,(H2,24,25,28)/t18-/m1/s1. The molecule has 2 amide bonds. The van der Waals surface area contributed by atoms with E-state index in [1.54, 1.807) is 24.3 Å². The Labute approximate surface area is 187 Å². The summed E-state index contributed by atoms with van der Waals surface area (Å²) in [7, 11) is -1.79. The molecule has 0 unspecified atom stereocenters. The Balaban J connectivity index is 1.65. The fourth-order valence-electron chi connectivity index (χ4n) is 3.66. The number of sulfonamides is 1. The number of carbonyl (C=O) groups excluding carboxylic acids is 1. The summed E-state index contributed by atoms with van der Waals surface area (Å²) in [4.78, 5) is 18.4. The lowest BCUT2D eigenvalue weighted by atomic mass is 10.1. The van der Waals surface area contributed by atoms with E-state index < -0.39 is 21.9 Å². The zero-order valence-electron chi connectivity index (χ0n) is 18.3. The number of nitrogens with one attached hydrogen (secondary N) is 2. The highest BCUT2D eigenvalue weighted by Crippen LogP contribution is 2.21. The smallest absolute Gasteiger partial charge is 0.323 e. The summed E-state index contributed by atoms with van der Waals surface area (Å²) in [6.07, 6.45) is 2.72. The molecule has 1 aliphatic heterocycles. The van der Waals surface area contributed by atoms with Crippen LogP contribution in [0, 0.1) is 12.7 Å². The predicted octanol–water partition coefficient (Wildman–Crippen LogP) is 2.27. The molecule has 0 saturated carbocycles. The van der Waals surface area contributed by atoms with Crippen LogP contribution >= 0.6 is 0 Å². The van der Waals surface area contributed by atoms with Gasteiger partial charge < -0.3 is 15.4 Å². The Hall–Kier alpha value is -2.60. The Morgan fingerprint density at radius 3 is 2.69 bits per heavy atom. The molecule has 3 rings (SSSR count). The molecule has 0 bridgehead atoms. The van der Waals surface area contributed by atoms with Crippen molar-refractivity contribution in [3.05, 3.63) is 53.6 Å². The van der Waals surface area contributed by atoms with Gasteiger partial charge in [-0.3, -0.25) is 9.88 Å². The van der Waals surface area contributed by atoms with Gasteiger partial charge in [-0.15, -0.1) is 0 Å². The van der Waals surface area contributed by atoms with Gasteiger partial charge in [0.15, 0.2) is 0 Å². The molecule has 0 spiro atoms. The molecular weight excluding hydrogens is 437 g/mol. The second-order valence-corrected chi connectivity index (χ2v) is 9.73. The first kappa shape index (κ1) is 24.1. The van der Waals surface area contributed by atoms with Crippen LogP contribution in [0.5, 0.6) is 0 Å². The molecule has 1 saturated heterocycles. The highest BCUT2D eigenvalue weighted by atomic mass is 32.2. The van der Waals surface area contributed by atoms with Gasteiger partial charge in [-0.2, -0.15) is 4.31 Å². The molecule has 1 atom stereocenters. The van der Waals surface area contributed by atoms with Gasteiger partial charge in [0.05, 0.1) is 36.5 Å². The molecule has 1 aliphatic rings. The summed E-state index contributed by atoms with van der Waals surface area (Å²) in [5.74, 6) is -0.551. The lowest BCUT2D eigenvalue weighted by Crippen LogP contribution is -2.56. The van der Waals surface area contributed by atoms with Crippen LogP contribution in [0.1, 0.15) is 11.3 Å². The number of pyridine rings is 1. The molecule has 2 aromatic rings. The van der Waals surface area contributed by atoms with E-state index in [1.165, 1.54) is 29.9 Å². The minimum Gasteiger partial charge on any atom is -0.383 e. The number of ether oxygens (including phenoxy) is 1. The Bertz CT molecular complexity index is 1050. The van der Waals surface area contributed by atoms with Crippen molar-refractivity contribution < 1.29 is 22.3 Å². The van der Waals surface area contributed by atoms with Crippen LogP contribution in [-0.4, -0.2) is 74.3 Å². The van der Waals surface area contributed by atoms with Gasteiger partial charge in [0.1, 0.15) is 5.82 Å². The number of methoxy groups -OCH3 is 1. The number of anilines is 2. The number of aryl methyl sites for hydroxylation is 1. The van der Waals surface area contributed by atoms with E-state index in [4.69, 9.17) is 4.74 Å². The third-order valence-corrected chi connectivity index (χ3v) is 6.48. The van der Waals surface area contributed by atoms with Crippen molar-refractivity contribution >= 4 is 27.4 Å². The number of nitrogens with zero attached hydrogens (tertiary/aromatic N) is 3. The number of hydrogen-bond acceptors (Lipinski definition) is 6. The quantitative estimate of drug-likeness (QED) is 0.650. The van der Waals surface area contributed by atoms with Crippen molar-refractivity contribution in [3.63, 3.8) is 0 Å². The normalized spacial score (nSPS) is 17.8. The summed E-state index contributed by atoms with van der Waals surface area (Å²) >= 11 is 0. The fourth-order valence-corrected chi connectivity index (χ4v) is 4.74. The topological polar surface area (TPSA) is 104 Å². The molecule has 1 aromatic carbocycles. The number of piperazine rings is 1. The molecule has 9 nitrogen and oxygen atoms in total. The van der Waals surface area contributed by atoms with E-state index in [0.29, 0.717) is 31.9 Å². The SMILES string of the molecule is COC[C@H]1CN(Cc2ccc(F)c(NC(=O)Nc3ccc(C)nc3)c2)CCN1S(C)(=O)=O. The Kier molecular flexibility index (Phi) is 7.77. The summed E-state index contributed by atoms with van der Waals surface area (Å²) in [5, 5.41) is 5.15. The summed E-state index contributed by atoms with van der Waals surface area (Å²) in [5.41, 5.74) is 2.17. The third-order valence-electron chi connectivity index (χ3n) is 5.15. The monoisotopic (exact) mass is 465 g/mol. The Morgan fingerprint density at radius 1 is 1.25 bits per heavy atom. The minimum atomic E-state index is -3.33. The summed E-state index contributed by atoms with van der Waals surface area (Å²) < 4.78 is 45.0. The highest BCUT2D eigenvalue weighted by Gasteiger charge is 2.32. The Morgan fingerprint density at radius 2 is 2.03 bits per heavy atom. The molecule has 0 radical (unpaired) electrons. The number of halogens is 1. The molecule has 1 aromatic heterocycles. The van der Waals surface area contributed by atoms with Crippen LogP contribution in [0.25, 0.3) is 0 Å². The second-order valence-electron chi connectivity index (χ2n) is 7.80. The lowest BCUT2D eigenvalue weighted by Gasteiger charge is -2.39. The summed E-state index contributed by atoms with van der Waals surface area (Å²) in [6.45, 7) is 3.98. The average Bonchev–Trinajstić information content (AvgIpc) is 2.72. The first-order valence-corrected chi connectivity index (χ1v) is 12.0. The molecule has 1 fully saturated rings. The average molecular weight is 466 g/mol. The first-order valence-electron chi connectivity index (χ1n) is 10.1. The number of urea groups is 1. The van der Waals surface area contributed by atoms with Gasteiger partial charge in [0.2, 0.25) is 10.0 Å². The molecular formula is C21H28FN5O4S. The van der Waals surface area contributed by atoms with Crippen LogP contribution in [0.4, 0.5) is 20.6 Å². The van der Waals surface area contributed by atoms with Crippen LogP contribution in [0.15, 0.2) is 36.5 Å². The van der Waals surface area contributed by atoms with Gasteiger partial charge >= 0.3 is 6.03 Å². The number of benzene rings is 1. The van der Waals surface area contributed by atoms with Crippen molar-refractivity contribution in [1.29, 1.82) is 0 Å². The van der Waals surface area contributed by atoms with Gasteiger partial charge in [0.25, 0.3) is 0 Å². The maximum Gasteiger partial charge on any atom is 0.323 e.